The molecule has 20 heavy (non-hydrogen) atoms. The van der Waals surface area contributed by atoms with Crippen LogP contribution in [0.4, 0.5) is 4.39 Å². The van der Waals surface area contributed by atoms with Crippen LogP contribution < -0.4 is 0 Å². The Morgan fingerprint density at radius 1 is 1.10 bits per heavy atom. The molecular formula is C16H11BrFNO. The van der Waals surface area contributed by atoms with Crippen molar-refractivity contribution in [3.63, 3.8) is 0 Å². The molecule has 0 aliphatic heterocycles. The fraction of sp³-hybridized carbons (Fsp3) is 0.0625. The molecule has 0 saturated carbocycles. The number of Topliss-reactive ketones (excluding diaryl/α,β-unsaturated/α-hetero) is 1. The molecule has 0 saturated heterocycles. The van der Waals surface area contributed by atoms with Crippen molar-refractivity contribution in [2.75, 3.05) is 0 Å². The summed E-state index contributed by atoms with van der Waals surface area (Å²) in [5.74, 6) is -0.242. The van der Waals surface area contributed by atoms with Gasteiger partial charge in [-0.05, 0) is 36.4 Å². The van der Waals surface area contributed by atoms with Gasteiger partial charge in [0, 0.05) is 27.1 Å². The first-order valence-electron chi connectivity index (χ1n) is 6.17. The molecule has 0 unspecified atom stereocenters. The topological polar surface area (TPSA) is 22.0 Å². The number of carbonyl (C=O) groups is 1. The normalized spacial score (nSPS) is 10.9. The average Bonchev–Trinajstić information content (AvgIpc) is 2.81. The van der Waals surface area contributed by atoms with Crippen molar-refractivity contribution in [3.05, 3.63) is 70.6 Å². The highest BCUT2D eigenvalue weighted by molar-refractivity contribution is 9.10. The predicted octanol–water partition coefficient (Wildman–Crippen LogP) is 4.43. The van der Waals surface area contributed by atoms with E-state index in [0.29, 0.717) is 5.56 Å². The van der Waals surface area contributed by atoms with Crippen LogP contribution in [0.25, 0.3) is 10.9 Å². The molecular weight excluding hydrogens is 321 g/mol. The van der Waals surface area contributed by atoms with E-state index in [1.807, 2.05) is 22.8 Å². The monoisotopic (exact) mass is 331 g/mol. The van der Waals surface area contributed by atoms with Gasteiger partial charge in [0.25, 0.3) is 0 Å². The van der Waals surface area contributed by atoms with Crippen molar-refractivity contribution in [3.8, 4) is 0 Å². The van der Waals surface area contributed by atoms with Gasteiger partial charge in [0.05, 0.1) is 6.54 Å². The molecule has 1 heterocycles. The number of nitrogens with zero attached hydrogens (tertiary/aromatic N) is 1. The van der Waals surface area contributed by atoms with Gasteiger partial charge < -0.3 is 4.57 Å². The summed E-state index contributed by atoms with van der Waals surface area (Å²) in [6.07, 6.45) is 1.81. The number of fused-ring (bicyclic) bond motifs is 1. The first-order chi connectivity index (χ1) is 9.63. The van der Waals surface area contributed by atoms with Gasteiger partial charge in [-0.15, -0.1) is 0 Å². The molecule has 0 bridgehead atoms. The molecule has 0 spiro atoms. The maximum Gasteiger partial charge on any atom is 0.182 e. The van der Waals surface area contributed by atoms with Gasteiger partial charge in [0.2, 0.25) is 0 Å². The van der Waals surface area contributed by atoms with Crippen molar-refractivity contribution in [2.24, 2.45) is 0 Å². The molecule has 0 radical (unpaired) electrons. The Labute approximate surface area is 124 Å². The number of hydrogen-bond donors (Lipinski definition) is 0. The smallest absolute Gasteiger partial charge is 0.182 e. The lowest BCUT2D eigenvalue weighted by atomic mass is 10.1. The molecule has 0 amide bonds. The minimum atomic E-state index is -0.269. The van der Waals surface area contributed by atoms with Crippen molar-refractivity contribution in [1.29, 1.82) is 0 Å². The van der Waals surface area contributed by atoms with Crippen molar-refractivity contribution < 1.29 is 9.18 Å². The Bertz CT molecular complexity index is 777. The van der Waals surface area contributed by atoms with E-state index in [4.69, 9.17) is 0 Å². The summed E-state index contributed by atoms with van der Waals surface area (Å²) in [4.78, 5) is 12.2. The van der Waals surface area contributed by atoms with E-state index < -0.39 is 0 Å². The highest BCUT2D eigenvalue weighted by Crippen LogP contribution is 2.18. The summed E-state index contributed by atoms with van der Waals surface area (Å²) < 4.78 is 15.9. The van der Waals surface area contributed by atoms with Gasteiger partial charge in [-0.25, -0.2) is 4.39 Å². The van der Waals surface area contributed by atoms with E-state index >= 15 is 0 Å². The molecule has 3 aromatic rings. The van der Waals surface area contributed by atoms with Crippen LogP contribution in [0.2, 0.25) is 0 Å². The Morgan fingerprint density at radius 2 is 1.85 bits per heavy atom. The highest BCUT2D eigenvalue weighted by Gasteiger charge is 2.09. The van der Waals surface area contributed by atoms with Gasteiger partial charge >= 0.3 is 0 Å². The molecule has 3 rings (SSSR count). The number of halogens is 2. The van der Waals surface area contributed by atoms with Crippen LogP contribution >= 0.6 is 15.9 Å². The first-order valence-corrected chi connectivity index (χ1v) is 6.96. The van der Waals surface area contributed by atoms with E-state index in [1.165, 1.54) is 12.1 Å². The number of benzene rings is 2. The third kappa shape index (κ3) is 2.51. The number of ketones is 1. The molecule has 0 N–H and O–H groups in total. The molecule has 2 aromatic carbocycles. The molecule has 0 atom stereocenters. The van der Waals surface area contributed by atoms with Gasteiger partial charge in [-0.1, -0.05) is 28.1 Å². The van der Waals surface area contributed by atoms with E-state index in [-0.39, 0.29) is 18.1 Å². The number of rotatable bonds is 3. The van der Waals surface area contributed by atoms with Crippen LogP contribution in [0.15, 0.2) is 59.2 Å². The van der Waals surface area contributed by atoms with Gasteiger partial charge in [-0.2, -0.15) is 0 Å². The molecule has 1 aromatic heterocycles. The number of aromatic nitrogens is 1. The maximum atomic E-state index is 13.1. The van der Waals surface area contributed by atoms with Crippen molar-refractivity contribution in [2.45, 2.75) is 6.54 Å². The van der Waals surface area contributed by atoms with Crippen LogP contribution in [-0.4, -0.2) is 10.4 Å². The minimum Gasteiger partial charge on any atom is -0.340 e. The van der Waals surface area contributed by atoms with Gasteiger partial charge in [-0.3, -0.25) is 4.79 Å². The van der Waals surface area contributed by atoms with Gasteiger partial charge in [0.1, 0.15) is 5.82 Å². The first kappa shape index (κ1) is 13.1. The molecule has 4 heteroatoms. The zero-order valence-corrected chi connectivity index (χ0v) is 12.1. The lowest BCUT2D eigenvalue weighted by molar-refractivity contribution is 0.0973. The molecule has 0 aliphatic carbocycles. The van der Waals surface area contributed by atoms with Crippen molar-refractivity contribution >= 4 is 32.6 Å². The summed E-state index contributed by atoms with van der Waals surface area (Å²) in [5.41, 5.74) is 1.52. The second-order valence-electron chi connectivity index (χ2n) is 4.58. The van der Waals surface area contributed by atoms with Crippen molar-refractivity contribution in [1.82, 2.24) is 4.57 Å². The fourth-order valence-corrected chi connectivity index (χ4v) is 2.45. The largest absolute Gasteiger partial charge is 0.340 e. The van der Waals surface area contributed by atoms with E-state index in [9.17, 15) is 9.18 Å². The molecule has 100 valence electrons. The Balaban J connectivity index is 1.89. The Morgan fingerprint density at radius 3 is 2.60 bits per heavy atom. The Kier molecular flexibility index (Phi) is 3.40. The minimum absolute atomic E-state index is 0.0272. The van der Waals surface area contributed by atoms with E-state index in [0.717, 1.165) is 15.4 Å². The fourth-order valence-electron chi connectivity index (χ4n) is 2.19. The zero-order valence-electron chi connectivity index (χ0n) is 10.5. The maximum absolute atomic E-state index is 13.1. The molecule has 0 aliphatic rings. The van der Waals surface area contributed by atoms with Crippen LogP contribution in [0, 0.1) is 5.82 Å². The lowest BCUT2D eigenvalue weighted by Crippen LogP contribution is -2.09. The second-order valence-corrected chi connectivity index (χ2v) is 5.49. The second kappa shape index (κ2) is 5.21. The molecule has 0 fully saturated rings. The van der Waals surface area contributed by atoms with Crippen LogP contribution in [-0.2, 0) is 6.54 Å². The third-order valence-corrected chi connectivity index (χ3v) is 3.74. The van der Waals surface area contributed by atoms with Gasteiger partial charge in [0.15, 0.2) is 5.78 Å². The quantitative estimate of drug-likeness (QED) is 0.651. The predicted molar refractivity (Wildman–Crippen MR) is 80.4 cm³/mol. The molecule has 2 nitrogen and oxygen atoms in total. The van der Waals surface area contributed by atoms with Crippen LogP contribution in [0.1, 0.15) is 10.4 Å². The summed E-state index contributed by atoms with van der Waals surface area (Å²) in [6.45, 7) is 0.247. The third-order valence-electron chi connectivity index (χ3n) is 3.21. The summed E-state index contributed by atoms with van der Waals surface area (Å²) >= 11 is 3.34. The SMILES string of the molecule is O=C(Cn1ccc2cc(F)ccc21)c1ccc(Br)cc1. The van der Waals surface area contributed by atoms with Crippen LogP contribution in [0.3, 0.4) is 0 Å². The zero-order chi connectivity index (χ0) is 14.1. The summed E-state index contributed by atoms with van der Waals surface area (Å²) in [6, 6.07) is 13.6. The average molecular weight is 332 g/mol. The van der Waals surface area contributed by atoms with E-state index in [2.05, 4.69) is 15.9 Å². The van der Waals surface area contributed by atoms with Crippen LogP contribution in [0.5, 0.6) is 0 Å². The lowest BCUT2D eigenvalue weighted by Gasteiger charge is -2.05. The summed E-state index contributed by atoms with van der Waals surface area (Å²) in [5, 5.41) is 0.800. The Hall–Kier alpha value is -1.94. The number of hydrogen-bond acceptors (Lipinski definition) is 1. The number of carbonyl (C=O) groups excluding carboxylic acids is 1. The standard InChI is InChI=1S/C16H11BrFNO/c17-13-3-1-11(2-4-13)16(20)10-19-8-7-12-9-14(18)5-6-15(12)19/h1-9H,10H2. The summed E-state index contributed by atoms with van der Waals surface area (Å²) in [7, 11) is 0. The van der Waals surface area contributed by atoms with E-state index in [1.54, 1.807) is 24.4 Å². The highest BCUT2D eigenvalue weighted by atomic mass is 79.9.